The molecule has 1 aliphatic heterocycles. The first kappa shape index (κ1) is 14.0. The van der Waals surface area contributed by atoms with Gasteiger partial charge >= 0.3 is 10.2 Å². The minimum absolute atomic E-state index is 0.0811. The fourth-order valence-electron chi connectivity index (χ4n) is 2.30. The lowest BCUT2D eigenvalue weighted by atomic mass is 10.1. The summed E-state index contributed by atoms with van der Waals surface area (Å²) in [5.41, 5.74) is 1.71. The molecule has 19 heavy (non-hydrogen) atoms. The lowest BCUT2D eigenvalue weighted by Gasteiger charge is -2.23. The normalized spacial score (nSPS) is 21.9. The van der Waals surface area contributed by atoms with Gasteiger partial charge in [-0.3, -0.25) is 9.89 Å². The van der Waals surface area contributed by atoms with Crippen LogP contribution in [0.15, 0.2) is 6.07 Å². The van der Waals surface area contributed by atoms with Crippen molar-refractivity contribution in [2.45, 2.75) is 38.0 Å². The van der Waals surface area contributed by atoms with Gasteiger partial charge in [-0.1, -0.05) is 0 Å². The lowest BCUT2D eigenvalue weighted by Crippen LogP contribution is -2.37. The number of aromatic nitrogens is 2. The third kappa shape index (κ3) is 3.12. The van der Waals surface area contributed by atoms with Gasteiger partial charge in [0.2, 0.25) is 5.91 Å². The van der Waals surface area contributed by atoms with Crippen molar-refractivity contribution in [2.75, 3.05) is 6.54 Å². The summed E-state index contributed by atoms with van der Waals surface area (Å²) < 4.78 is 34.6. The molecule has 0 bridgehead atoms. The second-order valence-electron chi connectivity index (χ2n) is 4.94. The van der Waals surface area contributed by atoms with E-state index in [9.17, 15) is 17.1 Å². The maximum atomic E-state index is 12.9. The second-order valence-corrected chi connectivity index (χ2v) is 6.56. The van der Waals surface area contributed by atoms with E-state index in [-0.39, 0.29) is 24.9 Å². The van der Waals surface area contributed by atoms with Crippen molar-refractivity contribution in [3.63, 3.8) is 0 Å². The number of nitrogens with zero attached hydrogens (tertiary/aromatic N) is 2. The van der Waals surface area contributed by atoms with Crippen LogP contribution in [0.1, 0.15) is 24.7 Å². The Morgan fingerprint density at radius 1 is 1.63 bits per heavy atom. The number of H-pyrrole nitrogens is 1. The number of aryl methyl sites for hydroxylation is 1. The molecule has 0 saturated carbocycles. The summed E-state index contributed by atoms with van der Waals surface area (Å²) >= 11 is 0. The highest BCUT2D eigenvalue weighted by Crippen LogP contribution is 2.22. The minimum Gasteiger partial charge on any atom is -0.338 e. The van der Waals surface area contributed by atoms with E-state index in [4.69, 9.17) is 0 Å². The van der Waals surface area contributed by atoms with Gasteiger partial charge in [0.25, 0.3) is 0 Å². The molecule has 2 unspecified atom stereocenters. The number of amides is 1. The smallest absolute Gasteiger partial charge is 0.307 e. The highest BCUT2D eigenvalue weighted by molar-refractivity contribution is 7.87. The van der Waals surface area contributed by atoms with Gasteiger partial charge in [-0.25, -0.2) is 0 Å². The van der Waals surface area contributed by atoms with Crippen molar-refractivity contribution >= 4 is 16.1 Å². The molecule has 1 fully saturated rings. The van der Waals surface area contributed by atoms with Gasteiger partial charge in [0, 0.05) is 31.1 Å². The highest BCUT2D eigenvalue weighted by Gasteiger charge is 2.40. The van der Waals surface area contributed by atoms with Gasteiger partial charge in [0.15, 0.2) is 0 Å². The molecule has 1 aromatic heterocycles. The average molecular weight is 289 g/mol. The van der Waals surface area contributed by atoms with E-state index >= 15 is 0 Å². The largest absolute Gasteiger partial charge is 0.338 e. The zero-order chi connectivity index (χ0) is 14.2. The van der Waals surface area contributed by atoms with Crippen molar-refractivity contribution in [3.8, 4) is 0 Å². The molecule has 6 nitrogen and oxygen atoms in total. The molecular weight excluding hydrogens is 273 g/mol. The van der Waals surface area contributed by atoms with Crippen molar-refractivity contribution in [3.05, 3.63) is 17.5 Å². The van der Waals surface area contributed by atoms with Crippen LogP contribution >= 0.6 is 0 Å². The molecule has 8 heteroatoms. The standard InChI is InChI=1S/C11H16FN3O3S/c1-7-3-9(14-13-7)4-8(2)15-6-10(5-11(15)16)19(12,17)18/h3,8,10H,4-6H2,1-2H3,(H,13,14). The molecule has 1 aliphatic rings. The molecule has 2 rings (SSSR count). The number of likely N-dealkylation sites (tertiary alicyclic amines) is 1. The number of carbonyl (C=O) groups excluding carboxylic acids is 1. The van der Waals surface area contributed by atoms with Crippen LogP contribution in [0, 0.1) is 6.92 Å². The minimum atomic E-state index is -4.65. The average Bonchev–Trinajstić information content (AvgIpc) is 2.84. The van der Waals surface area contributed by atoms with Crippen LogP contribution in [0.25, 0.3) is 0 Å². The Balaban J connectivity index is 2.04. The molecule has 2 atom stereocenters. The lowest BCUT2D eigenvalue weighted by molar-refractivity contribution is -0.129. The van der Waals surface area contributed by atoms with Gasteiger partial charge < -0.3 is 4.90 Å². The molecule has 106 valence electrons. The van der Waals surface area contributed by atoms with Crippen molar-refractivity contribution < 1.29 is 17.1 Å². The Kier molecular flexibility index (Phi) is 3.62. The van der Waals surface area contributed by atoms with E-state index in [1.807, 2.05) is 13.0 Å². The summed E-state index contributed by atoms with van der Waals surface area (Å²) in [5, 5.41) is 5.63. The van der Waals surface area contributed by atoms with E-state index in [1.54, 1.807) is 6.92 Å². The predicted molar refractivity (Wildman–Crippen MR) is 66.6 cm³/mol. The number of halogens is 1. The first-order chi connectivity index (χ1) is 8.77. The van der Waals surface area contributed by atoms with Crippen LogP contribution in [-0.4, -0.2) is 47.3 Å². The van der Waals surface area contributed by atoms with Crippen molar-refractivity contribution in [1.29, 1.82) is 0 Å². The van der Waals surface area contributed by atoms with Crippen LogP contribution in [0.5, 0.6) is 0 Å². The Morgan fingerprint density at radius 3 is 2.79 bits per heavy atom. The van der Waals surface area contributed by atoms with E-state index in [0.717, 1.165) is 11.4 Å². The van der Waals surface area contributed by atoms with E-state index < -0.39 is 15.5 Å². The number of carbonyl (C=O) groups is 1. The molecule has 0 spiro atoms. The van der Waals surface area contributed by atoms with E-state index in [0.29, 0.717) is 6.42 Å². The number of aromatic amines is 1. The summed E-state index contributed by atoms with van der Waals surface area (Å²) in [6, 6.07) is 1.66. The fraction of sp³-hybridized carbons (Fsp3) is 0.636. The molecule has 0 aliphatic carbocycles. The zero-order valence-electron chi connectivity index (χ0n) is 10.8. The Hall–Kier alpha value is -1.44. The van der Waals surface area contributed by atoms with Gasteiger partial charge in [-0.05, 0) is 19.9 Å². The number of hydrogen-bond acceptors (Lipinski definition) is 4. The first-order valence-corrected chi connectivity index (χ1v) is 7.46. The van der Waals surface area contributed by atoms with Crippen LogP contribution in [-0.2, 0) is 21.4 Å². The third-order valence-electron chi connectivity index (χ3n) is 3.32. The van der Waals surface area contributed by atoms with Crippen LogP contribution in [0.4, 0.5) is 3.89 Å². The molecule has 0 aromatic carbocycles. The molecule has 0 radical (unpaired) electrons. The number of hydrogen-bond donors (Lipinski definition) is 1. The molecule has 1 aromatic rings. The van der Waals surface area contributed by atoms with Gasteiger partial charge in [0.1, 0.15) is 5.25 Å². The van der Waals surface area contributed by atoms with Crippen LogP contribution < -0.4 is 0 Å². The molecular formula is C11H16FN3O3S. The van der Waals surface area contributed by atoms with Crippen molar-refractivity contribution in [1.82, 2.24) is 15.1 Å². The second kappa shape index (κ2) is 4.92. The summed E-state index contributed by atoms with van der Waals surface area (Å²) in [6.07, 6.45) is 0.234. The summed E-state index contributed by atoms with van der Waals surface area (Å²) in [7, 11) is -4.65. The summed E-state index contributed by atoms with van der Waals surface area (Å²) in [4.78, 5) is 13.1. The Bertz CT molecular complexity index is 584. The highest BCUT2D eigenvalue weighted by atomic mass is 32.3. The van der Waals surface area contributed by atoms with Crippen molar-refractivity contribution in [2.24, 2.45) is 0 Å². The number of nitrogens with one attached hydrogen (secondary N) is 1. The third-order valence-corrected chi connectivity index (χ3v) is 4.43. The maximum absolute atomic E-state index is 12.9. The Labute approximate surface area is 111 Å². The molecule has 2 heterocycles. The Morgan fingerprint density at radius 2 is 2.32 bits per heavy atom. The SMILES string of the molecule is Cc1cc(CC(C)N2CC(S(=O)(=O)F)CC2=O)n[nH]1. The van der Waals surface area contributed by atoms with E-state index in [1.165, 1.54) is 4.90 Å². The quantitative estimate of drug-likeness (QED) is 0.820. The van der Waals surface area contributed by atoms with Crippen LogP contribution in [0.2, 0.25) is 0 Å². The summed E-state index contributed by atoms with van der Waals surface area (Å²) in [6.45, 7) is 3.59. The predicted octanol–water partition coefficient (Wildman–Crippen LogP) is 0.549. The topological polar surface area (TPSA) is 83.1 Å². The monoisotopic (exact) mass is 289 g/mol. The van der Waals surface area contributed by atoms with Crippen LogP contribution in [0.3, 0.4) is 0 Å². The zero-order valence-corrected chi connectivity index (χ0v) is 11.6. The summed E-state index contributed by atoms with van der Waals surface area (Å²) in [5.74, 6) is -0.328. The number of rotatable bonds is 4. The molecule has 1 saturated heterocycles. The van der Waals surface area contributed by atoms with Gasteiger partial charge in [-0.15, -0.1) is 3.89 Å². The molecule has 1 N–H and O–H groups in total. The fourth-order valence-corrected chi connectivity index (χ4v) is 2.98. The van der Waals surface area contributed by atoms with Gasteiger partial charge in [-0.2, -0.15) is 13.5 Å². The first-order valence-electron chi connectivity index (χ1n) is 6.01. The van der Waals surface area contributed by atoms with E-state index in [2.05, 4.69) is 10.2 Å². The van der Waals surface area contributed by atoms with Gasteiger partial charge in [0.05, 0.1) is 5.69 Å². The molecule has 1 amide bonds. The maximum Gasteiger partial charge on any atom is 0.307 e.